The number of nitrogens with zero attached hydrogens (tertiary/aromatic N) is 2. The summed E-state index contributed by atoms with van der Waals surface area (Å²) in [4.78, 5) is 7.46. The van der Waals surface area contributed by atoms with E-state index in [9.17, 15) is 0 Å². The Balaban J connectivity index is 1.37. The van der Waals surface area contributed by atoms with E-state index in [1.165, 1.54) is 38.6 Å². The fourth-order valence-corrected chi connectivity index (χ4v) is 4.30. The van der Waals surface area contributed by atoms with Gasteiger partial charge in [0.05, 0.1) is 6.54 Å². The Bertz CT molecular complexity index is 643. The Morgan fingerprint density at radius 1 is 1.23 bits per heavy atom. The van der Waals surface area contributed by atoms with Crippen molar-refractivity contribution >= 4 is 5.96 Å². The number of benzene rings is 1. The van der Waals surface area contributed by atoms with Crippen molar-refractivity contribution in [3.63, 3.8) is 0 Å². The number of aliphatic imine (C=N–C) groups is 1. The molecule has 0 radical (unpaired) electrons. The van der Waals surface area contributed by atoms with E-state index in [2.05, 4.69) is 28.5 Å². The number of rotatable bonds is 5. The number of likely N-dealkylation sites (tertiary alicyclic amines) is 1. The predicted molar refractivity (Wildman–Crippen MR) is 103 cm³/mol. The average molecular weight is 358 g/mol. The van der Waals surface area contributed by atoms with Crippen LogP contribution in [-0.4, -0.2) is 49.4 Å². The minimum atomic E-state index is 0.299. The van der Waals surface area contributed by atoms with Crippen molar-refractivity contribution < 1.29 is 9.47 Å². The molecule has 0 spiro atoms. The summed E-state index contributed by atoms with van der Waals surface area (Å²) < 4.78 is 11.0. The average Bonchev–Trinajstić information content (AvgIpc) is 3.39. The van der Waals surface area contributed by atoms with Crippen molar-refractivity contribution in [1.29, 1.82) is 0 Å². The zero-order valence-electron chi connectivity index (χ0n) is 15.7. The smallest absolute Gasteiger partial charge is 0.231 e. The fourth-order valence-electron chi connectivity index (χ4n) is 4.30. The van der Waals surface area contributed by atoms with E-state index < -0.39 is 0 Å². The number of ether oxygens (including phenoxy) is 2. The van der Waals surface area contributed by atoms with E-state index in [0.29, 0.717) is 19.4 Å². The summed E-state index contributed by atoms with van der Waals surface area (Å²) in [5.41, 5.74) is 1.07. The van der Waals surface area contributed by atoms with Crippen LogP contribution >= 0.6 is 0 Å². The summed E-state index contributed by atoms with van der Waals surface area (Å²) in [6.45, 7) is 6.19. The van der Waals surface area contributed by atoms with Crippen LogP contribution in [0.1, 0.15) is 44.6 Å². The summed E-state index contributed by atoms with van der Waals surface area (Å²) in [6.07, 6.45) is 6.75. The van der Waals surface area contributed by atoms with Crippen LogP contribution in [0.25, 0.3) is 0 Å². The monoisotopic (exact) mass is 358 g/mol. The first-order valence-electron chi connectivity index (χ1n) is 10.00. The lowest BCUT2D eigenvalue weighted by Crippen LogP contribution is -2.45. The molecule has 1 aromatic carbocycles. The molecule has 2 fully saturated rings. The van der Waals surface area contributed by atoms with Gasteiger partial charge in [-0.25, -0.2) is 4.99 Å². The third-order valence-corrected chi connectivity index (χ3v) is 5.63. The molecule has 0 amide bonds. The Morgan fingerprint density at radius 2 is 2.12 bits per heavy atom. The molecular formula is C20H30N4O2. The van der Waals surface area contributed by atoms with Gasteiger partial charge in [-0.05, 0) is 32.3 Å². The molecule has 1 atom stereocenters. The molecule has 0 bridgehead atoms. The van der Waals surface area contributed by atoms with Gasteiger partial charge >= 0.3 is 0 Å². The van der Waals surface area contributed by atoms with Gasteiger partial charge in [0.1, 0.15) is 0 Å². The molecule has 1 saturated carbocycles. The summed E-state index contributed by atoms with van der Waals surface area (Å²) in [7, 11) is 0. The summed E-state index contributed by atoms with van der Waals surface area (Å²) in [5.74, 6) is 2.54. The number of guanidine groups is 1. The standard InChI is InChI=1S/C20H30N4O2/c1-2-21-20(22-12-15-6-5-9-18-19(15)26-14-25-18)23-16-10-11-24(13-16)17-7-3-4-8-17/h5-6,9,16-17H,2-4,7-8,10-14H2,1H3,(H2,21,22,23). The van der Waals surface area contributed by atoms with Gasteiger partial charge in [-0.3, -0.25) is 4.90 Å². The second kappa shape index (κ2) is 8.16. The number of para-hydroxylation sites is 1. The highest BCUT2D eigenvalue weighted by molar-refractivity contribution is 5.80. The lowest BCUT2D eigenvalue weighted by Gasteiger charge is -2.24. The van der Waals surface area contributed by atoms with Crippen LogP contribution in [0, 0.1) is 0 Å². The minimum absolute atomic E-state index is 0.299. The van der Waals surface area contributed by atoms with Crippen molar-refractivity contribution in [3.05, 3.63) is 23.8 Å². The predicted octanol–water partition coefficient (Wildman–Crippen LogP) is 2.49. The highest BCUT2D eigenvalue weighted by Gasteiger charge is 2.30. The van der Waals surface area contributed by atoms with Crippen LogP contribution in [0.4, 0.5) is 0 Å². The molecule has 1 saturated heterocycles. The van der Waals surface area contributed by atoms with Gasteiger partial charge in [0.15, 0.2) is 17.5 Å². The lowest BCUT2D eigenvalue weighted by atomic mass is 10.2. The van der Waals surface area contributed by atoms with Crippen LogP contribution in [0.2, 0.25) is 0 Å². The number of nitrogens with one attached hydrogen (secondary N) is 2. The van der Waals surface area contributed by atoms with Crippen molar-refractivity contribution in [2.75, 3.05) is 26.4 Å². The molecule has 0 aromatic heterocycles. The number of fused-ring (bicyclic) bond motifs is 1. The SMILES string of the molecule is CCNC(=NCc1cccc2c1OCO2)NC1CCN(C2CCCC2)C1. The maximum atomic E-state index is 5.59. The van der Waals surface area contributed by atoms with Gasteiger partial charge in [-0.1, -0.05) is 25.0 Å². The third-order valence-electron chi connectivity index (χ3n) is 5.63. The molecule has 2 aliphatic heterocycles. The minimum Gasteiger partial charge on any atom is -0.454 e. The summed E-state index contributed by atoms with van der Waals surface area (Å²) in [5, 5.41) is 7.01. The molecule has 1 aliphatic carbocycles. The van der Waals surface area contributed by atoms with Crippen LogP contribution in [0.5, 0.6) is 11.5 Å². The Kier molecular flexibility index (Phi) is 5.48. The van der Waals surface area contributed by atoms with E-state index in [4.69, 9.17) is 14.5 Å². The zero-order valence-corrected chi connectivity index (χ0v) is 15.7. The number of hydrogen-bond donors (Lipinski definition) is 2. The Morgan fingerprint density at radius 3 is 2.96 bits per heavy atom. The largest absolute Gasteiger partial charge is 0.454 e. The topological polar surface area (TPSA) is 58.1 Å². The first kappa shape index (κ1) is 17.5. The quantitative estimate of drug-likeness (QED) is 0.626. The van der Waals surface area contributed by atoms with Crippen molar-refractivity contribution in [3.8, 4) is 11.5 Å². The molecule has 6 heteroatoms. The lowest BCUT2D eigenvalue weighted by molar-refractivity contribution is 0.173. The highest BCUT2D eigenvalue weighted by atomic mass is 16.7. The van der Waals surface area contributed by atoms with E-state index in [-0.39, 0.29) is 0 Å². The van der Waals surface area contributed by atoms with Gasteiger partial charge in [-0.2, -0.15) is 0 Å². The molecule has 6 nitrogen and oxygen atoms in total. The van der Waals surface area contributed by atoms with Gasteiger partial charge in [-0.15, -0.1) is 0 Å². The summed E-state index contributed by atoms with van der Waals surface area (Å²) in [6, 6.07) is 7.28. The Hall–Kier alpha value is -1.95. The second-order valence-corrected chi connectivity index (χ2v) is 7.41. The molecule has 3 aliphatic rings. The maximum Gasteiger partial charge on any atom is 0.231 e. The van der Waals surface area contributed by atoms with Crippen LogP contribution < -0.4 is 20.1 Å². The Labute approximate surface area is 156 Å². The van der Waals surface area contributed by atoms with E-state index in [1.807, 2.05) is 12.1 Å². The van der Waals surface area contributed by atoms with Crippen molar-refractivity contribution in [1.82, 2.24) is 15.5 Å². The molecule has 2 N–H and O–H groups in total. The molecule has 142 valence electrons. The fraction of sp³-hybridized carbons (Fsp3) is 0.650. The van der Waals surface area contributed by atoms with E-state index >= 15 is 0 Å². The molecular weight excluding hydrogens is 328 g/mol. The third kappa shape index (κ3) is 3.90. The molecule has 4 rings (SSSR count). The first-order valence-corrected chi connectivity index (χ1v) is 10.00. The van der Waals surface area contributed by atoms with Gasteiger partial charge in [0, 0.05) is 37.3 Å². The van der Waals surface area contributed by atoms with Gasteiger partial charge in [0.2, 0.25) is 6.79 Å². The first-order chi connectivity index (χ1) is 12.8. The van der Waals surface area contributed by atoms with E-state index in [0.717, 1.165) is 42.2 Å². The normalized spacial score (nSPS) is 23.6. The van der Waals surface area contributed by atoms with Crippen LogP contribution in [0.3, 0.4) is 0 Å². The van der Waals surface area contributed by atoms with Crippen molar-refractivity contribution in [2.24, 2.45) is 4.99 Å². The van der Waals surface area contributed by atoms with Crippen LogP contribution in [0.15, 0.2) is 23.2 Å². The molecule has 1 aromatic rings. The van der Waals surface area contributed by atoms with Crippen LogP contribution in [-0.2, 0) is 6.54 Å². The molecule has 1 unspecified atom stereocenters. The number of hydrogen-bond acceptors (Lipinski definition) is 4. The highest BCUT2D eigenvalue weighted by Crippen LogP contribution is 2.35. The van der Waals surface area contributed by atoms with Gasteiger partial charge in [0.25, 0.3) is 0 Å². The van der Waals surface area contributed by atoms with Crippen molar-refractivity contribution in [2.45, 2.75) is 57.7 Å². The van der Waals surface area contributed by atoms with Gasteiger partial charge < -0.3 is 20.1 Å². The molecule has 2 heterocycles. The van der Waals surface area contributed by atoms with E-state index in [1.54, 1.807) is 0 Å². The zero-order chi connectivity index (χ0) is 17.8. The second-order valence-electron chi connectivity index (χ2n) is 7.41. The summed E-state index contributed by atoms with van der Waals surface area (Å²) >= 11 is 0. The molecule has 26 heavy (non-hydrogen) atoms. The maximum absolute atomic E-state index is 5.59.